The van der Waals surface area contributed by atoms with Crippen LogP contribution in [-0.4, -0.2) is 50.1 Å². The number of carbonyl (C=O) groups is 1. The summed E-state index contributed by atoms with van der Waals surface area (Å²) in [6.45, 7) is 1.44. The maximum atomic E-state index is 13.8. The number of benzene rings is 1. The van der Waals surface area contributed by atoms with E-state index in [9.17, 15) is 22.0 Å². The number of nitrogens with zero attached hydrogens (tertiary/aromatic N) is 2. The second kappa shape index (κ2) is 9.00. The van der Waals surface area contributed by atoms with E-state index in [-0.39, 0.29) is 36.0 Å². The van der Waals surface area contributed by atoms with Crippen molar-refractivity contribution in [2.75, 3.05) is 25.9 Å². The molecule has 10 heteroatoms. The van der Waals surface area contributed by atoms with Crippen molar-refractivity contribution in [3.05, 3.63) is 41.9 Å². The van der Waals surface area contributed by atoms with E-state index in [0.717, 1.165) is 31.2 Å². The largest absolute Gasteiger partial charge is 0.441 e. The summed E-state index contributed by atoms with van der Waals surface area (Å²) in [5.41, 5.74) is 0.105. The molecule has 29 heavy (non-hydrogen) atoms. The van der Waals surface area contributed by atoms with E-state index in [0.29, 0.717) is 25.5 Å². The molecule has 1 aliphatic heterocycles. The molecule has 1 amide bonds. The van der Waals surface area contributed by atoms with Crippen LogP contribution >= 0.6 is 0 Å². The molecule has 7 nitrogen and oxygen atoms in total. The summed E-state index contributed by atoms with van der Waals surface area (Å²) in [6.07, 6.45) is 4.57. The molecule has 1 aromatic heterocycles. The van der Waals surface area contributed by atoms with Gasteiger partial charge in [0.2, 0.25) is 15.9 Å². The van der Waals surface area contributed by atoms with Crippen molar-refractivity contribution in [1.82, 2.24) is 14.6 Å². The molecule has 0 saturated carbocycles. The SMILES string of the molecule is CS(=O)(=O)NCC1CCCN(C(=O)CCc2ncc(-c3ccc(F)cc3F)o2)C1. The zero-order chi connectivity index (χ0) is 21.0. The number of aryl methyl sites for hydroxylation is 1. The van der Waals surface area contributed by atoms with Crippen LogP contribution in [0.1, 0.15) is 25.2 Å². The average Bonchev–Trinajstić information content (AvgIpc) is 3.13. The summed E-state index contributed by atoms with van der Waals surface area (Å²) in [4.78, 5) is 18.3. The van der Waals surface area contributed by atoms with Gasteiger partial charge in [0.25, 0.3) is 0 Å². The lowest BCUT2D eigenvalue weighted by molar-refractivity contribution is -0.133. The molecular formula is C19H23F2N3O4S. The van der Waals surface area contributed by atoms with Gasteiger partial charge in [0.05, 0.1) is 18.0 Å². The lowest BCUT2D eigenvalue weighted by atomic mass is 9.98. The molecule has 2 aromatic rings. The summed E-state index contributed by atoms with van der Waals surface area (Å²) >= 11 is 0. The number of hydrogen-bond acceptors (Lipinski definition) is 5. The second-order valence-electron chi connectivity index (χ2n) is 7.21. The lowest BCUT2D eigenvalue weighted by Crippen LogP contribution is -2.43. The van der Waals surface area contributed by atoms with Crippen molar-refractivity contribution in [3.8, 4) is 11.3 Å². The quantitative estimate of drug-likeness (QED) is 0.732. The Morgan fingerprint density at radius 3 is 2.90 bits per heavy atom. The Hall–Kier alpha value is -2.33. The highest BCUT2D eigenvalue weighted by atomic mass is 32.2. The number of carbonyl (C=O) groups excluding carboxylic acids is 1. The van der Waals surface area contributed by atoms with Gasteiger partial charge in [-0.25, -0.2) is 26.9 Å². The van der Waals surface area contributed by atoms with Crippen molar-refractivity contribution in [2.45, 2.75) is 25.7 Å². The first-order valence-corrected chi connectivity index (χ1v) is 11.2. The van der Waals surface area contributed by atoms with Gasteiger partial charge in [-0.3, -0.25) is 4.79 Å². The van der Waals surface area contributed by atoms with E-state index in [1.807, 2.05) is 0 Å². The van der Waals surface area contributed by atoms with Crippen molar-refractivity contribution >= 4 is 15.9 Å². The summed E-state index contributed by atoms with van der Waals surface area (Å²) in [5.74, 6) is -0.938. The van der Waals surface area contributed by atoms with Gasteiger partial charge in [-0.05, 0) is 30.9 Å². The molecule has 158 valence electrons. The predicted molar refractivity (Wildman–Crippen MR) is 102 cm³/mol. The van der Waals surface area contributed by atoms with Crippen LogP contribution in [-0.2, 0) is 21.2 Å². The van der Waals surface area contributed by atoms with Gasteiger partial charge < -0.3 is 9.32 Å². The third-order valence-corrected chi connectivity index (χ3v) is 5.50. The Morgan fingerprint density at radius 1 is 1.38 bits per heavy atom. The first kappa shape index (κ1) is 21.4. The van der Waals surface area contributed by atoms with E-state index < -0.39 is 21.7 Å². The first-order valence-electron chi connectivity index (χ1n) is 9.34. The minimum atomic E-state index is -3.26. The van der Waals surface area contributed by atoms with Gasteiger partial charge >= 0.3 is 0 Å². The standard InChI is InChI=1S/C19H23F2N3O4S/c1-29(26,27)23-10-13-3-2-8-24(12-13)19(25)7-6-18-22-11-17(28-18)15-5-4-14(20)9-16(15)21/h4-5,9,11,13,23H,2-3,6-8,10,12H2,1H3. The maximum Gasteiger partial charge on any atom is 0.223 e. The highest BCUT2D eigenvalue weighted by molar-refractivity contribution is 7.88. The Kier molecular flexibility index (Phi) is 6.63. The van der Waals surface area contributed by atoms with Gasteiger partial charge in [-0.15, -0.1) is 0 Å². The fourth-order valence-electron chi connectivity index (χ4n) is 3.34. The lowest BCUT2D eigenvalue weighted by Gasteiger charge is -2.32. The highest BCUT2D eigenvalue weighted by Gasteiger charge is 2.24. The molecule has 1 unspecified atom stereocenters. The Bertz CT molecular complexity index is 978. The molecular weight excluding hydrogens is 404 g/mol. The van der Waals surface area contributed by atoms with E-state index in [1.54, 1.807) is 4.90 Å². The third-order valence-electron chi connectivity index (χ3n) is 4.81. The van der Waals surface area contributed by atoms with Crippen LogP contribution < -0.4 is 4.72 Å². The number of aromatic nitrogens is 1. The van der Waals surface area contributed by atoms with Crippen LogP contribution in [0, 0.1) is 17.6 Å². The van der Waals surface area contributed by atoms with Gasteiger partial charge in [0, 0.05) is 38.5 Å². The number of piperidine rings is 1. The molecule has 0 spiro atoms. The molecule has 0 aliphatic carbocycles. The van der Waals surface area contributed by atoms with E-state index in [1.165, 1.54) is 12.3 Å². The van der Waals surface area contributed by atoms with E-state index in [2.05, 4.69) is 9.71 Å². The Balaban J connectivity index is 1.53. The molecule has 1 fully saturated rings. The number of likely N-dealkylation sites (tertiary alicyclic amines) is 1. The van der Waals surface area contributed by atoms with Crippen LogP contribution in [0.4, 0.5) is 8.78 Å². The number of nitrogens with one attached hydrogen (secondary N) is 1. The van der Waals surface area contributed by atoms with Crippen LogP contribution in [0.5, 0.6) is 0 Å². The molecule has 1 aromatic carbocycles. The molecule has 1 atom stereocenters. The molecule has 0 bridgehead atoms. The average molecular weight is 427 g/mol. The van der Waals surface area contributed by atoms with Crippen LogP contribution in [0.15, 0.2) is 28.8 Å². The summed E-state index contributed by atoms with van der Waals surface area (Å²) < 4.78 is 57.3. The number of rotatable bonds is 7. The number of hydrogen-bond donors (Lipinski definition) is 1. The Labute approximate surface area is 168 Å². The van der Waals surface area contributed by atoms with Crippen LogP contribution in [0.2, 0.25) is 0 Å². The minimum Gasteiger partial charge on any atom is -0.441 e. The van der Waals surface area contributed by atoms with Crippen molar-refractivity contribution in [1.29, 1.82) is 0 Å². The normalized spacial score (nSPS) is 17.5. The summed E-state index contributed by atoms with van der Waals surface area (Å²) in [7, 11) is -3.26. The summed E-state index contributed by atoms with van der Waals surface area (Å²) in [6, 6.07) is 3.18. The fraction of sp³-hybridized carbons (Fsp3) is 0.474. The zero-order valence-corrected chi connectivity index (χ0v) is 16.8. The molecule has 1 N–H and O–H groups in total. The van der Waals surface area contributed by atoms with E-state index in [4.69, 9.17) is 4.42 Å². The van der Waals surface area contributed by atoms with Crippen LogP contribution in [0.25, 0.3) is 11.3 Å². The van der Waals surface area contributed by atoms with Gasteiger partial charge in [0.15, 0.2) is 11.7 Å². The summed E-state index contributed by atoms with van der Waals surface area (Å²) in [5, 5.41) is 0. The van der Waals surface area contributed by atoms with Crippen molar-refractivity contribution in [2.24, 2.45) is 5.92 Å². The zero-order valence-electron chi connectivity index (χ0n) is 16.0. The fourth-order valence-corrected chi connectivity index (χ4v) is 3.88. The monoisotopic (exact) mass is 427 g/mol. The van der Waals surface area contributed by atoms with E-state index >= 15 is 0 Å². The van der Waals surface area contributed by atoms with Crippen molar-refractivity contribution < 1.29 is 26.4 Å². The van der Waals surface area contributed by atoms with Gasteiger partial charge in [-0.1, -0.05) is 0 Å². The number of halogens is 2. The maximum absolute atomic E-state index is 13.8. The first-order chi connectivity index (χ1) is 13.7. The minimum absolute atomic E-state index is 0.0678. The smallest absolute Gasteiger partial charge is 0.223 e. The predicted octanol–water partition coefficient (Wildman–Crippen LogP) is 2.34. The van der Waals surface area contributed by atoms with Crippen LogP contribution in [0.3, 0.4) is 0 Å². The van der Waals surface area contributed by atoms with Gasteiger partial charge in [0.1, 0.15) is 11.6 Å². The topological polar surface area (TPSA) is 92.5 Å². The van der Waals surface area contributed by atoms with Gasteiger partial charge in [-0.2, -0.15) is 0 Å². The van der Waals surface area contributed by atoms with Crippen molar-refractivity contribution in [3.63, 3.8) is 0 Å². The molecule has 0 radical (unpaired) electrons. The number of amides is 1. The highest BCUT2D eigenvalue weighted by Crippen LogP contribution is 2.25. The second-order valence-corrected chi connectivity index (χ2v) is 9.04. The molecule has 1 aliphatic rings. The molecule has 3 rings (SSSR count). The molecule has 1 saturated heterocycles. The molecule has 2 heterocycles. The number of oxazole rings is 1. The third kappa shape index (κ3) is 6.07. The number of sulfonamides is 1. The Morgan fingerprint density at radius 2 is 2.17 bits per heavy atom.